The van der Waals surface area contributed by atoms with E-state index in [0.29, 0.717) is 31.5 Å². The normalized spacial score (nSPS) is 16.1. The van der Waals surface area contributed by atoms with Gasteiger partial charge in [-0.15, -0.1) is 11.3 Å². The van der Waals surface area contributed by atoms with E-state index in [2.05, 4.69) is 47.0 Å². The highest BCUT2D eigenvalue weighted by molar-refractivity contribution is 9.10. The maximum Gasteiger partial charge on any atom is 0.259 e. The van der Waals surface area contributed by atoms with Gasteiger partial charge in [0.05, 0.1) is 10.0 Å². The second-order valence-corrected chi connectivity index (χ2v) is 11.8. The Kier molecular flexibility index (Phi) is 6.99. The van der Waals surface area contributed by atoms with Crippen molar-refractivity contribution in [3.63, 3.8) is 0 Å². The second kappa shape index (κ2) is 9.61. The Morgan fingerprint density at radius 1 is 1.27 bits per heavy atom. The summed E-state index contributed by atoms with van der Waals surface area (Å²) in [5.41, 5.74) is 3.16. The van der Waals surface area contributed by atoms with Crippen molar-refractivity contribution in [3.8, 4) is 5.75 Å². The van der Waals surface area contributed by atoms with Crippen molar-refractivity contribution in [2.75, 3.05) is 5.32 Å². The molecule has 4 rings (SSSR count). The van der Waals surface area contributed by atoms with E-state index in [9.17, 15) is 9.90 Å². The van der Waals surface area contributed by atoms with E-state index in [1.54, 1.807) is 29.7 Å². The molecular weight excluding hydrogens is 520 g/mol. The minimum absolute atomic E-state index is 0.0625. The highest BCUT2D eigenvalue weighted by Gasteiger charge is 2.33. The molecule has 1 aliphatic rings. The first-order chi connectivity index (χ1) is 15.6. The van der Waals surface area contributed by atoms with Crippen LogP contribution in [0.5, 0.6) is 5.75 Å². The molecule has 0 radical (unpaired) electrons. The number of aliphatic imine (C=N–C) groups is 1. The van der Waals surface area contributed by atoms with Crippen molar-refractivity contribution in [2.24, 2.45) is 16.3 Å². The fourth-order valence-corrected chi connectivity index (χ4v) is 6.27. The molecule has 1 heterocycles. The average Bonchev–Trinajstić information content (AvgIpc) is 3.13. The highest BCUT2D eigenvalue weighted by Crippen LogP contribution is 2.45. The molecule has 0 fully saturated rings. The summed E-state index contributed by atoms with van der Waals surface area (Å²) < 4.78 is 0.497. The van der Waals surface area contributed by atoms with Crippen LogP contribution in [0.15, 0.2) is 51.9 Å². The summed E-state index contributed by atoms with van der Waals surface area (Å²) in [7, 11) is 0. The van der Waals surface area contributed by atoms with Crippen LogP contribution in [0.25, 0.3) is 0 Å². The number of hydrogen-bond acceptors (Lipinski definition) is 4. The number of phenolic OH excluding ortho intramolecular Hbond substituents is 1. The first-order valence-electron chi connectivity index (χ1n) is 10.9. The number of rotatable bonds is 4. The number of thiophene rings is 1. The molecule has 0 bridgehead atoms. The lowest BCUT2D eigenvalue weighted by Gasteiger charge is -2.33. The van der Waals surface area contributed by atoms with E-state index >= 15 is 0 Å². The molecule has 4 nitrogen and oxygen atoms in total. The summed E-state index contributed by atoms with van der Waals surface area (Å²) in [5, 5.41) is 14.5. The van der Waals surface area contributed by atoms with Crippen molar-refractivity contribution >= 4 is 61.7 Å². The number of phenols is 1. The number of nitrogens with one attached hydrogen (secondary N) is 1. The van der Waals surface area contributed by atoms with E-state index in [0.717, 1.165) is 30.5 Å². The first-order valence-corrected chi connectivity index (χ1v) is 12.8. The molecule has 2 aromatic carbocycles. The number of benzene rings is 2. The number of carbonyl (C=O) groups is 1. The smallest absolute Gasteiger partial charge is 0.259 e. The minimum atomic E-state index is -0.156. The van der Waals surface area contributed by atoms with Gasteiger partial charge in [0.2, 0.25) is 0 Å². The van der Waals surface area contributed by atoms with Crippen LogP contribution in [0, 0.1) is 11.3 Å². The van der Waals surface area contributed by atoms with Crippen LogP contribution in [0.4, 0.5) is 10.7 Å². The summed E-state index contributed by atoms with van der Waals surface area (Å²) in [6.07, 6.45) is 4.42. The summed E-state index contributed by atoms with van der Waals surface area (Å²) in [4.78, 5) is 19.3. The third-order valence-corrected chi connectivity index (χ3v) is 8.09. The number of halogens is 2. The van der Waals surface area contributed by atoms with Crippen molar-refractivity contribution in [1.29, 1.82) is 0 Å². The van der Waals surface area contributed by atoms with Gasteiger partial charge in [-0.3, -0.25) is 4.79 Å². The van der Waals surface area contributed by atoms with Crippen molar-refractivity contribution in [2.45, 2.75) is 40.0 Å². The zero-order valence-corrected chi connectivity index (χ0v) is 21.9. The summed E-state index contributed by atoms with van der Waals surface area (Å²) in [5.74, 6) is 0.461. The fraction of sp³-hybridized carbons (Fsp3) is 0.308. The Morgan fingerprint density at radius 2 is 2.00 bits per heavy atom. The third kappa shape index (κ3) is 5.34. The molecule has 7 heteroatoms. The highest BCUT2D eigenvalue weighted by atomic mass is 79.9. The van der Waals surface area contributed by atoms with Gasteiger partial charge in [-0.05, 0) is 76.4 Å². The lowest BCUT2D eigenvalue weighted by Crippen LogP contribution is -2.27. The van der Waals surface area contributed by atoms with Crippen LogP contribution in [0.2, 0.25) is 5.02 Å². The Morgan fingerprint density at radius 3 is 2.70 bits per heavy atom. The van der Waals surface area contributed by atoms with Gasteiger partial charge in [-0.2, -0.15) is 0 Å². The maximum atomic E-state index is 13.4. The van der Waals surface area contributed by atoms with E-state index in [4.69, 9.17) is 11.6 Å². The van der Waals surface area contributed by atoms with Gasteiger partial charge in [0.15, 0.2) is 0 Å². The molecule has 2 N–H and O–H groups in total. The van der Waals surface area contributed by atoms with Crippen molar-refractivity contribution in [1.82, 2.24) is 0 Å². The zero-order valence-electron chi connectivity index (χ0n) is 18.8. The van der Waals surface area contributed by atoms with Crippen LogP contribution >= 0.6 is 38.9 Å². The predicted octanol–water partition coefficient (Wildman–Crippen LogP) is 8.02. The molecule has 0 saturated heterocycles. The van der Waals surface area contributed by atoms with E-state index in [-0.39, 0.29) is 17.1 Å². The number of amides is 1. The molecule has 0 saturated carbocycles. The molecule has 3 aromatic rings. The van der Waals surface area contributed by atoms with Crippen LogP contribution in [0.3, 0.4) is 0 Å². The largest absolute Gasteiger partial charge is 0.506 e. The Bertz CT molecular complexity index is 1220. The molecule has 0 aliphatic heterocycles. The molecule has 0 spiro atoms. The Hall–Kier alpha value is -2.15. The second-order valence-electron chi connectivity index (χ2n) is 9.39. The number of para-hydroxylation sites is 1. The van der Waals surface area contributed by atoms with Gasteiger partial charge in [0, 0.05) is 27.4 Å². The van der Waals surface area contributed by atoms with Gasteiger partial charge in [-0.1, -0.05) is 50.6 Å². The van der Waals surface area contributed by atoms with E-state index in [1.165, 1.54) is 4.88 Å². The Balaban J connectivity index is 1.74. The van der Waals surface area contributed by atoms with Crippen LogP contribution in [0.1, 0.15) is 53.6 Å². The lowest BCUT2D eigenvalue weighted by molar-refractivity contribution is 0.102. The Labute approximate surface area is 211 Å². The maximum absolute atomic E-state index is 13.4. The molecular formula is C26H26BrClN2O2S. The number of carbonyl (C=O) groups excluding carboxylic acids is 1. The fourth-order valence-electron chi connectivity index (χ4n) is 4.16. The van der Waals surface area contributed by atoms with E-state index in [1.807, 2.05) is 30.3 Å². The lowest BCUT2D eigenvalue weighted by atomic mass is 9.72. The number of nitrogens with zero attached hydrogens (tertiary/aromatic N) is 1. The molecule has 172 valence electrons. The van der Waals surface area contributed by atoms with Gasteiger partial charge in [0.25, 0.3) is 5.91 Å². The van der Waals surface area contributed by atoms with Gasteiger partial charge < -0.3 is 10.4 Å². The van der Waals surface area contributed by atoms with Gasteiger partial charge >= 0.3 is 0 Å². The van der Waals surface area contributed by atoms with Crippen molar-refractivity contribution in [3.05, 3.63) is 73.5 Å². The quantitative estimate of drug-likeness (QED) is 0.326. The van der Waals surface area contributed by atoms with E-state index < -0.39 is 0 Å². The van der Waals surface area contributed by atoms with Crippen LogP contribution < -0.4 is 5.32 Å². The number of aromatic hydroxyl groups is 1. The molecule has 0 unspecified atom stereocenters. The summed E-state index contributed by atoms with van der Waals surface area (Å²) in [6, 6.07) is 12.7. The topological polar surface area (TPSA) is 61.7 Å². The van der Waals surface area contributed by atoms with Gasteiger partial charge in [0.1, 0.15) is 10.8 Å². The monoisotopic (exact) mass is 544 g/mol. The SMILES string of the molecule is CC(C)(C)[C@H]1CCc2c(sc(N=Cc3cc(Cl)cc(Br)c3O)c2C(=O)Nc2ccccc2)C1. The average molecular weight is 546 g/mol. The van der Waals surface area contributed by atoms with Crippen molar-refractivity contribution < 1.29 is 9.90 Å². The van der Waals surface area contributed by atoms with Crippen LogP contribution in [-0.4, -0.2) is 17.2 Å². The molecule has 1 aromatic heterocycles. The summed E-state index contributed by atoms with van der Waals surface area (Å²) in [6.45, 7) is 6.83. The summed E-state index contributed by atoms with van der Waals surface area (Å²) >= 11 is 11.0. The van der Waals surface area contributed by atoms with Crippen LogP contribution in [-0.2, 0) is 12.8 Å². The predicted molar refractivity (Wildman–Crippen MR) is 142 cm³/mol. The molecule has 1 atom stereocenters. The number of anilines is 1. The standard InChI is InChI=1S/C26H26BrClN2O2S/c1-26(2,3)16-9-10-19-21(12-16)33-25(22(19)24(32)30-18-7-5-4-6-8-18)29-14-15-11-17(28)13-20(27)23(15)31/h4-8,11,13-14,16,31H,9-10,12H2,1-3H3,(H,30,32)/t16-/m0/s1. The zero-order chi connectivity index (χ0) is 23.8. The molecule has 1 amide bonds. The number of fused-ring (bicyclic) bond motifs is 1. The first kappa shape index (κ1) is 24.0. The molecule has 1 aliphatic carbocycles. The third-order valence-electron chi connectivity index (χ3n) is 6.11. The minimum Gasteiger partial charge on any atom is -0.506 e. The van der Waals surface area contributed by atoms with Gasteiger partial charge in [-0.25, -0.2) is 4.99 Å². The number of hydrogen-bond donors (Lipinski definition) is 2. The molecule has 33 heavy (non-hydrogen) atoms.